The predicted octanol–water partition coefficient (Wildman–Crippen LogP) is 12.5. The SMILES string of the molecule is CC1(C)c2ccccc2-c2c(Br)cc3c(c21)-c1ccc(Cl)cc1C3=O.CC1(C)c2ccccc2-c2ccc3c(c21)-c1ccc(Cl)cc1C3=O. The van der Waals surface area contributed by atoms with E-state index in [2.05, 4.69) is 98.2 Å². The highest BCUT2D eigenvalue weighted by Crippen LogP contribution is 2.58. The number of hydrogen-bond donors (Lipinski definition) is 0. The maximum atomic E-state index is 13.0. The second-order valence-electron chi connectivity index (χ2n) is 14.3. The van der Waals surface area contributed by atoms with Crippen molar-refractivity contribution in [2.24, 2.45) is 0 Å². The van der Waals surface area contributed by atoms with E-state index in [1.54, 1.807) is 12.1 Å². The van der Waals surface area contributed by atoms with Gasteiger partial charge in [-0.15, -0.1) is 0 Å². The van der Waals surface area contributed by atoms with Crippen LogP contribution in [0.5, 0.6) is 0 Å². The number of ketones is 2. The van der Waals surface area contributed by atoms with Crippen molar-refractivity contribution in [3.63, 3.8) is 0 Å². The van der Waals surface area contributed by atoms with Crippen LogP contribution >= 0.6 is 39.1 Å². The number of hydrogen-bond acceptors (Lipinski definition) is 2. The molecule has 0 unspecified atom stereocenters. The Bertz CT molecular complexity index is 2520. The molecule has 6 aromatic carbocycles. The summed E-state index contributed by atoms with van der Waals surface area (Å²) in [7, 11) is 0. The van der Waals surface area contributed by atoms with Gasteiger partial charge >= 0.3 is 0 Å². The topological polar surface area (TPSA) is 34.1 Å². The van der Waals surface area contributed by atoms with Crippen LogP contribution in [-0.4, -0.2) is 11.6 Å². The molecule has 0 bridgehead atoms. The van der Waals surface area contributed by atoms with Gasteiger partial charge in [0.15, 0.2) is 11.6 Å². The molecule has 0 atom stereocenters. The van der Waals surface area contributed by atoms with Crippen LogP contribution in [-0.2, 0) is 10.8 Å². The Labute approximate surface area is 303 Å². The van der Waals surface area contributed by atoms with Gasteiger partial charge in [-0.3, -0.25) is 9.59 Å². The first-order chi connectivity index (χ1) is 23.4. The highest BCUT2D eigenvalue weighted by Gasteiger charge is 2.44. The van der Waals surface area contributed by atoms with Crippen molar-refractivity contribution in [2.75, 3.05) is 0 Å². The minimum Gasteiger partial charge on any atom is -0.289 e. The summed E-state index contributed by atoms with van der Waals surface area (Å²) >= 11 is 16.0. The van der Waals surface area contributed by atoms with Crippen LogP contribution in [0.2, 0.25) is 10.0 Å². The molecule has 0 radical (unpaired) electrons. The highest BCUT2D eigenvalue weighted by atomic mass is 79.9. The maximum Gasteiger partial charge on any atom is 0.194 e. The lowest BCUT2D eigenvalue weighted by Crippen LogP contribution is -2.16. The first-order valence-corrected chi connectivity index (χ1v) is 17.9. The second kappa shape index (κ2) is 10.4. The standard InChI is InChI=1S/C22H14BrClO.C22H15ClO/c1-22(2)16-6-4-3-5-13(16)19-17(23)10-15-18(20(19)22)12-8-7-11(24)9-14(12)21(15)25;1-22(2)18-6-4-3-5-13(18)15-9-10-16-19(20(15)22)14-8-7-12(23)11-17(14)21(16)24/h3-10H,1-2H3;3-11H,1-2H3. The predicted molar refractivity (Wildman–Crippen MR) is 203 cm³/mol. The zero-order valence-electron chi connectivity index (χ0n) is 27.3. The van der Waals surface area contributed by atoms with Crippen molar-refractivity contribution >= 4 is 50.7 Å². The Kier molecular flexibility index (Phi) is 6.51. The molecule has 0 amide bonds. The minimum atomic E-state index is -0.165. The van der Waals surface area contributed by atoms with Gasteiger partial charge in [0, 0.05) is 53.2 Å². The molecule has 10 rings (SSSR count). The first-order valence-electron chi connectivity index (χ1n) is 16.3. The molecule has 2 nitrogen and oxygen atoms in total. The molecule has 4 aliphatic carbocycles. The summed E-state index contributed by atoms with van der Waals surface area (Å²) in [5, 5.41) is 1.20. The summed E-state index contributed by atoms with van der Waals surface area (Å²) in [6.07, 6.45) is 0. The number of carbonyl (C=O) groups excluding carboxylic acids is 2. The Morgan fingerprint density at radius 3 is 1.55 bits per heavy atom. The molecule has 0 aliphatic heterocycles. The monoisotopic (exact) mass is 738 g/mol. The summed E-state index contributed by atoms with van der Waals surface area (Å²) in [5.41, 5.74) is 16.9. The van der Waals surface area contributed by atoms with Crippen molar-refractivity contribution in [3.8, 4) is 44.5 Å². The second-order valence-corrected chi connectivity index (χ2v) is 16.0. The van der Waals surface area contributed by atoms with Crippen molar-refractivity contribution in [1.82, 2.24) is 0 Å². The maximum absolute atomic E-state index is 13.0. The molecule has 0 saturated heterocycles. The fraction of sp³-hybridized carbons (Fsp3) is 0.136. The van der Waals surface area contributed by atoms with Gasteiger partial charge in [0.05, 0.1) is 0 Å². The average Bonchev–Trinajstić information content (AvgIpc) is 3.70. The number of rotatable bonds is 0. The van der Waals surface area contributed by atoms with Crippen molar-refractivity contribution in [2.45, 2.75) is 38.5 Å². The smallest absolute Gasteiger partial charge is 0.194 e. The van der Waals surface area contributed by atoms with Crippen molar-refractivity contribution in [3.05, 3.63) is 162 Å². The number of fused-ring (bicyclic) bond motifs is 14. The molecule has 0 spiro atoms. The molecular formula is C44H29BrCl2O2. The Hall–Kier alpha value is -4.28. The summed E-state index contributed by atoms with van der Waals surface area (Å²) < 4.78 is 0.978. The molecule has 49 heavy (non-hydrogen) atoms. The molecule has 4 aliphatic rings. The quantitative estimate of drug-likeness (QED) is 0.155. The van der Waals surface area contributed by atoms with Crippen LogP contribution in [0.15, 0.2) is 108 Å². The Morgan fingerprint density at radius 1 is 0.449 bits per heavy atom. The summed E-state index contributed by atoms with van der Waals surface area (Å²) in [4.78, 5) is 25.9. The van der Waals surface area contributed by atoms with Crippen LogP contribution < -0.4 is 0 Å². The molecule has 0 N–H and O–H groups in total. The van der Waals surface area contributed by atoms with Crippen LogP contribution in [0.25, 0.3) is 44.5 Å². The fourth-order valence-electron chi connectivity index (χ4n) is 8.86. The molecule has 0 fully saturated rings. The van der Waals surface area contributed by atoms with Crippen LogP contribution in [0.3, 0.4) is 0 Å². The van der Waals surface area contributed by atoms with Crippen molar-refractivity contribution in [1.29, 1.82) is 0 Å². The minimum absolute atomic E-state index is 0.0581. The van der Waals surface area contributed by atoms with E-state index in [0.717, 1.165) is 43.4 Å². The van der Waals surface area contributed by atoms with Crippen LogP contribution in [0.4, 0.5) is 0 Å². The van der Waals surface area contributed by atoms with E-state index in [4.69, 9.17) is 23.2 Å². The third-order valence-corrected chi connectivity index (χ3v) is 12.1. The lowest BCUT2D eigenvalue weighted by atomic mass is 9.78. The average molecular weight is 741 g/mol. The van der Waals surface area contributed by atoms with Gasteiger partial charge in [-0.05, 0) is 97.6 Å². The largest absolute Gasteiger partial charge is 0.289 e. The lowest BCUT2D eigenvalue weighted by molar-refractivity contribution is 0.103. The molecular weight excluding hydrogens is 711 g/mol. The molecule has 238 valence electrons. The van der Waals surface area contributed by atoms with Crippen LogP contribution in [0.1, 0.15) is 81.8 Å². The third kappa shape index (κ3) is 4.07. The van der Waals surface area contributed by atoms with E-state index >= 15 is 0 Å². The van der Waals surface area contributed by atoms with E-state index < -0.39 is 0 Å². The number of carbonyl (C=O) groups is 2. The fourth-order valence-corrected chi connectivity index (χ4v) is 9.84. The molecule has 5 heteroatoms. The van der Waals surface area contributed by atoms with Gasteiger partial charge in [0.2, 0.25) is 0 Å². The van der Waals surface area contributed by atoms with Gasteiger partial charge in [-0.1, -0.05) is 134 Å². The zero-order chi connectivity index (χ0) is 34.1. The van der Waals surface area contributed by atoms with E-state index in [9.17, 15) is 9.59 Å². The van der Waals surface area contributed by atoms with Crippen molar-refractivity contribution < 1.29 is 9.59 Å². The highest BCUT2D eigenvalue weighted by molar-refractivity contribution is 9.10. The lowest BCUT2D eigenvalue weighted by Gasteiger charge is -2.24. The van der Waals surface area contributed by atoms with E-state index in [0.29, 0.717) is 15.6 Å². The Morgan fingerprint density at radius 2 is 0.918 bits per heavy atom. The van der Waals surface area contributed by atoms with Gasteiger partial charge in [-0.2, -0.15) is 0 Å². The summed E-state index contributed by atoms with van der Waals surface area (Å²) in [6, 6.07) is 34.4. The molecule has 0 saturated carbocycles. The van der Waals surface area contributed by atoms with Gasteiger partial charge in [-0.25, -0.2) is 0 Å². The van der Waals surface area contributed by atoms with Crippen LogP contribution in [0, 0.1) is 0 Å². The summed E-state index contributed by atoms with van der Waals surface area (Å²) in [6.45, 7) is 8.97. The molecule has 6 aromatic rings. The first kappa shape index (κ1) is 30.8. The van der Waals surface area contributed by atoms with Gasteiger partial charge < -0.3 is 0 Å². The van der Waals surface area contributed by atoms with E-state index in [-0.39, 0.29) is 22.4 Å². The van der Waals surface area contributed by atoms with E-state index in [1.807, 2.05) is 36.4 Å². The molecule has 0 heterocycles. The number of halogens is 3. The van der Waals surface area contributed by atoms with Gasteiger partial charge in [0.1, 0.15) is 0 Å². The third-order valence-electron chi connectivity index (χ3n) is 11.0. The molecule has 0 aromatic heterocycles. The summed E-state index contributed by atoms with van der Waals surface area (Å²) in [5.74, 6) is 0.139. The van der Waals surface area contributed by atoms with Gasteiger partial charge in [0.25, 0.3) is 0 Å². The van der Waals surface area contributed by atoms with E-state index in [1.165, 1.54) is 44.5 Å². The number of benzene rings is 6. The zero-order valence-corrected chi connectivity index (χ0v) is 30.4. The normalized spacial score (nSPS) is 15.7. The Balaban J connectivity index is 0.000000133.